The molecular weight excluding hydrogens is 330 g/mol. The first-order chi connectivity index (χ1) is 10.0. The molecule has 0 heterocycles. The predicted molar refractivity (Wildman–Crippen MR) is 90.3 cm³/mol. The zero-order valence-corrected chi connectivity index (χ0v) is 14.1. The van der Waals surface area contributed by atoms with Crippen molar-refractivity contribution < 1.29 is 9.84 Å². The normalized spacial score (nSPS) is 10.5. The lowest BCUT2D eigenvalue weighted by Crippen LogP contribution is -2.17. The summed E-state index contributed by atoms with van der Waals surface area (Å²) in [6.07, 6.45) is 0. The van der Waals surface area contributed by atoms with Crippen LogP contribution in [0.15, 0.2) is 40.9 Å². The molecule has 2 rings (SSSR count). The molecule has 0 saturated heterocycles. The molecule has 0 unspecified atom stereocenters. The van der Waals surface area contributed by atoms with Crippen LogP contribution in [0.3, 0.4) is 0 Å². The van der Waals surface area contributed by atoms with Gasteiger partial charge in [0.25, 0.3) is 0 Å². The molecular formula is C17H20BrNO2. The van der Waals surface area contributed by atoms with Gasteiger partial charge in [0.15, 0.2) is 11.5 Å². The zero-order valence-electron chi connectivity index (χ0n) is 12.6. The number of aryl methyl sites for hydroxylation is 1. The third-order valence-electron chi connectivity index (χ3n) is 3.33. The van der Waals surface area contributed by atoms with Gasteiger partial charge in [-0.15, -0.1) is 0 Å². The summed E-state index contributed by atoms with van der Waals surface area (Å²) in [6, 6.07) is 12.1. The number of hydrogen-bond donors (Lipinski definition) is 1. The highest BCUT2D eigenvalue weighted by Gasteiger charge is 2.11. The van der Waals surface area contributed by atoms with Gasteiger partial charge in [-0.1, -0.05) is 18.2 Å². The van der Waals surface area contributed by atoms with Crippen LogP contribution in [0.5, 0.6) is 11.5 Å². The van der Waals surface area contributed by atoms with Crippen molar-refractivity contribution in [2.75, 3.05) is 18.6 Å². The molecule has 21 heavy (non-hydrogen) atoms. The molecule has 0 saturated carbocycles. The summed E-state index contributed by atoms with van der Waals surface area (Å²) < 4.78 is 6.12. The van der Waals surface area contributed by atoms with Crippen molar-refractivity contribution >= 4 is 21.6 Å². The summed E-state index contributed by atoms with van der Waals surface area (Å²) >= 11 is 3.38. The number of halogens is 1. The van der Waals surface area contributed by atoms with E-state index in [2.05, 4.69) is 46.9 Å². The van der Waals surface area contributed by atoms with Gasteiger partial charge < -0.3 is 14.7 Å². The molecule has 1 N–H and O–H groups in total. The monoisotopic (exact) mass is 349 g/mol. The Hall–Kier alpha value is -1.68. The van der Waals surface area contributed by atoms with Crippen LogP contribution in [-0.2, 0) is 6.54 Å². The maximum atomic E-state index is 9.96. The van der Waals surface area contributed by atoms with E-state index in [0.29, 0.717) is 16.8 Å². The SMILES string of the molecule is CCOc1cc(CN(C)c2ccccc2C)cc(Br)c1O. The molecule has 0 atom stereocenters. The van der Waals surface area contributed by atoms with Gasteiger partial charge in [0, 0.05) is 19.3 Å². The van der Waals surface area contributed by atoms with E-state index in [1.807, 2.05) is 31.2 Å². The Morgan fingerprint density at radius 3 is 2.62 bits per heavy atom. The number of ether oxygens (including phenoxy) is 1. The van der Waals surface area contributed by atoms with Crippen LogP contribution in [0, 0.1) is 6.92 Å². The van der Waals surface area contributed by atoms with Crippen LogP contribution in [-0.4, -0.2) is 18.8 Å². The summed E-state index contributed by atoms with van der Waals surface area (Å²) in [6.45, 7) is 5.27. The fraction of sp³-hybridized carbons (Fsp3) is 0.294. The highest BCUT2D eigenvalue weighted by atomic mass is 79.9. The van der Waals surface area contributed by atoms with Gasteiger partial charge in [-0.05, 0) is 59.1 Å². The molecule has 0 amide bonds. The van der Waals surface area contributed by atoms with E-state index >= 15 is 0 Å². The van der Waals surface area contributed by atoms with E-state index in [1.54, 1.807) is 0 Å². The van der Waals surface area contributed by atoms with Crippen LogP contribution in [0.4, 0.5) is 5.69 Å². The molecule has 0 aliphatic carbocycles. The van der Waals surface area contributed by atoms with Crippen molar-refractivity contribution in [3.63, 3.8) is 0 Å². The molecule has 0 aromatic heterocycles. The Balaban J connectivity index is 2.25. The smallest absolute Gasteiger partial charge is 0.172 e. The van der Waals surface area contributed by atoms with Gasteiger partial charge >= 0.3 is 0 Å². The number of benzene rings is 2. The highest BCUT2D eigenvalue weighted by molar-refractivity contribution is 9.10. The van der Waals surface area contributed by atoms with E-state index in [-0.39, 0.29) is 5.75 Å². The minimum absolute atomic E-state index is 0.152. The third-order valence-corrected chi connectivity index (χ3v) is 3.94. The molecule has 3 nitrogen and oxygen atoms in total. The first-order valence-corrected chi connectivity index (χ1v) is 7.73. The van der Waals surface area contributed by atoms with Gasteiger partial charge in [0.1, 0.15) is 0 Å². The molecule has 2 aromatic rings. The zero-order chi connectivity index (χ0) is 15.4. The Kier molecular flexibility index (Phi) is 5.12. The minimum atomic E-state index is 0.152. The van der Waals surface area contributed by atoms with Crippen LogP contribution in [0.1, 0.15) is 18.1 Å². The molecule has 112 valence electrons. The molecule has 0 fully saturated rings. The number of hydrogen-bond acceptors (Lipinski definition) is 3. The molecule has 0 radical (unpaired) electrons. The van der Waals surface area contributed by atoms with E-state index in [9.17, 15) is 5.11 Å². The van der Waals surface area contributed by atoms with Gasteiger partial charge in [0.05, 0.1) is 11.1 Å². The molecule has 0 aliphatic rings. The average molecular weight is 350 g/mol. The number of nitrogens with zero attached hydrogens (tertiary/aromatic N) is 1. The van der Waals surface area contributed by atoms with Crippen molar-refractivity contribution in [1.82, 2.24) is 0 Å². The molecule has 2 aromatic carbocycles. The molecule has 0 bridgehead atoms. The van der Waals surface area contributed by atoms with Crippen molar-refractivity contribution in [2.24, 2.45) is 0 Å². The summed E-state index contributed by atoms with van der Waals surface area (Å²) in [7, 11) is 2.06. The Bertz CT molecular complexity index is 628. The van der Waals surface area contributed by atoms with Crippen LogP contribution in [0.25, 0.3) is 0 Å². The Morgan fingerprint density at radius 1 is 1.24 bits per heavy atom. The second-order valence-electron chi connectivity index (χ2n) is 5.00. The first kappa shape index (κ1) is 15.7. The second-order valence-corrected chi connectivity index (χ2v) is 5.85. The maximum Gasteiger partial charge on any atom is 0.172 e. The lowest BCUT2D eigenvalue weighted by molar-refractivity contribution is 0.317. The number of anilines is 1. The second kappa shape index (κ2) is 6.85. The number of phenolic OH excluding ortho intramolecular Hbond substituents is 1. The number of rotatable bonds is 5. The third kappa shape index (κ3) is 3.70. The molecule has 0 spiro atoms. The quantitative estimate of drug-likeness (QED) is 0.862. The summed E-state index contributed by atoms with van der Waals surface area (Å²) in [4.78, 5) is 2.18. The van der Waals surface area contributed by atoms with Crippen molar-refractivity contribution in [2.45, 2.75) is 20.4 Å². The Labute approximate surface area is 134 Å². The summed E-state index contributed by atoms with van der Waals surface area (Å²) in [5, 5.41) is 9.96. The van der Waals surface area contributed by atoms with Crippen molar-refractivity contribution in [1.29, 1.82) is 0 Å². The van der Waals surface area contributed by atoms with Crippen LogP contribution >= 0.6 is 15.9 Å². The lowest BCUT2D eigenvalue weighted by Gasteiger charge is -2.22. The number of para-hydroxylation sites is 1. The average Bonchev–Trinajstić information content (AvgIpc) is 2.45. The summed E-state index contributed by atoms with van der Waals surface area (Å²) in [5.41, 5.74) is 3.51. The van der Waals surface area contributed by atoms with E-state index < -0.39 is 0 Å². The van der Waals surface area contributed by atoms with Gasteiger partial charge in [-0.25, -0.2) is 0 Å². The molecule has 0 aliphatic heterocycles. The minimum Gasteiger partial charge on any atom is -0.503 e. The van der Waals surface area contributed by atoms with Crippen LogP contribution < -0.4 is 9.64 Å². The van der Waals surface area contributed by atoms with E-state index in [4.69, 9.17) is 4.74 Å². The topological polar surface area (TPSA) is 32.7 Å². The fourth-order valence-corrected chi connectivity index (χ4v) is 2.82. The standard InChI is InChI=1S/C17H20BrNO2/c1-4-21-16-10-13(9-14(18)17(16)20)11-19(3)15-8-6-5-7-12(15)2/h5-10,20H,4,11H2,1-3H3. The van der Waals surface area contributed by atoms with Gasteiger partial charge in [-0.3, -0.25) is 0 Å². The summed E-state index contributed by atoms with van der Waals surface area (Å²) in [5.74, 6) is 0.666. The van der Waals surface area contributed by atoms with E-state index in [0.717, 1.165) is 12.1 Å². The predicted octanol–water partition coefficient (Wildman–Crippen LogP) is 4.50. The van der Waals surface area contributed by atoms with Gasteiger partial charge in [0.2, 0.25) is 0 Å². The largest absolute Gasteiger partial charge is 0.503 e. The van der Waals surface area contributed by atoms with E-state index in [1.165, 1.54) is 11.3 Å². The molecule has 4 heteroatoms. The van der Waals surface area contributed by atoms with Crippen molar-refractivity contribution in [3.8, 4) is 11.5 Å². The number of aromatic hydroxyl groups is 1. The first-order valence-electron chi connectivity index (χ1n) is 6.94. The highest BCUT2D eigenvalue weighted by Crippen LogP contribution is 2.36. The Morgan fingerprint density at radius 2 is 1.95 bits per heavy atom. The fourth-order valence-electron chi connectivity index (χ4n) is 2.33. The maximum absolute atomic E-state index is 9.96. The van der Waals surface area contributed by atoms with Gasteiger partial charge in [-0.2, -0.15) is 0 Å². The van der Waals surface area contributed by atoms with Crippen LogP contribution in [0.2, 0.25) is 0 Å². The lowest BCUT2D eigenvalue weighted by atomic mass is 10.1. The number of phenols is 1. The van der Waals surface area contributed by atoms with Crippen molar-refractivity contribution in [3.05, 3.63) is 52.0 Å².